The minimum absolute atomic E-state index is 0. The molecule has 0 amide bonds. The molecular weight excluding hydrogens is 974 g/mol. The number of benzene rings is 6. The predicted octanol–water partition coefficient (Wildman–Crippen LogP) is 16.0. The van der Waals surface area contributed by atoms with Crippen molar-refractivity contribution >= 4 is 11.0 Å². The largest absolute Gasteiger partial charge is 0.507 e. The van der Waals surface area contributed by atoms with Crippen LogP contribution < -0.4 is 0 Å². The second-order valence-corrected chi connectivity index (χ2v) is 20.1. The normalized spacial score (nSPS) is 15.0. The number of hydrogen-bond donors (Lipinski definition) is 1. The van der Waals surface area contributed by atoms with E-state index < -0.39 is 26.0 Å². The van der Waals surface area contributed by atoms with Crippen molar-refractivity contribution in [2.75, 3.05) is 0 Å². The monoisotopic (exact) mass is 1050 g/mol. The first-order valence-electron chi connectivity index (χ1n) is 26.6. The van der Waals surface area contributed by atoms with E-state index in [1.54, 1.807) is 24.4 Å². The molecule has 0 radical (unpaired) electrons. The number of aromatic nitrogens is 3. The summed E-state index contributed by atoms with van der Waals surface area (Å²) in [5, 5.41) is 12.4. The molecule has 0 atom stereocenters. The van der Waals surface area contributed by atoms with Crippen LogP contribution in [0, 0.1) is 6.07 Å². The molecule has 336 valence electrons. The molecule has 8 aromatic rings. The minimum Gasteiger partial charge on any atom is -0.507 e. The Hall–Kier alpha value is -5.57. The number of pyridine rings is 1. The van der Waals surface area contributed by atoms with Crippen LogP contribution in [0.4, 0.5) is 0 Å². The number of fused-ring (bicyclic) bond motifs is 1. The number of hydrogen-bond acceptors (Lipinski definition) is 3. The SMILES string of the molecule is [2H]C([2H])([2H])C(c1ccc(-c2ccnc(-c3[c-]c(-c4cccc5c4nc(-c4cc(C(C)(C)C)cc(C(C)(C)C)c4O)n5-c4ccc(-c5ccccc5)c(CC)c4)cc(C(C)(C)C)c3)c2)cc1)(C([2H])([2H])[2H])C([2H])([2H])[2H].[Pt]. The molecule has 65 heavy (non-hydrogen) atoms. The number of rotatable bonds is 7. The standard InChI is InChI=1S/C60H64N3O.Pt/c1-14-38-34-47(27-28-48(38)40-19-16-15-17-20-40)63-53-22-18-21-49(54(53)62-56(63)50-36-46(59(8,9)10)37-51(55(50)64)60(11,12)13)42-31-43(33-45(32-42)58(5,6)7)52-35-41(29-30-61-52)39-23-25-44(26-24-39)57(2,3)4;/h15-30,32-37,64H,14H2,1-13H3;/q-1;/i2D3,3D3,4D3;. The van der Waals surface area contributed by atoms with E-state index in [1.165, 1.54) is 17.7 Å². The number of para-hydroxylation sites is 1. The summed E-state index contributed by atoms with van der Waals surface area (Å²) < 4.78 is 76.0. The Labute approximate surface area is 415 Å². The first-order valence-corrected chi connectivity index (χ1v) is 22.1. The fraction of sp³-hybridized carbons (Fsp3) is 0.300. The summed E-state index contributed by atoms with van der Waals surface area (Å²) in [5.74, 6) is 0.790. The molecule has 0 aliphatic heterocycles. The molecule has 8 rings (SSSR count). The van der Waals surface area contributed by atoms with Crippen LogP contribution >= 0.6 is 0 Å². The van der Waals surface area contributed by atoms with Crippen molar-refractivity contribution in [3.63, 3.8) is 0 Å². The van der Waals surface area contributed by atoms with Crippen LogP contribution in [0.1, 0.15) is 130 Å². The van der Waals surface area contributed by atoms with Gasteiger partial charge in [0.05, 0.1) is 16.6 Å². The van der Waals surface area contributed by atoms with Crippen LogP contribution in [0.2, 0.25) is 0 Å². The van der Waals surface area contributed by atoms with Crippen LogP contribution in [-0.4, -0.2) is 19.6 Å². The Balaban J connectivity index is 0.00000800. The smallest absolute Gasteiger partial charge is 0.148 e. The third kappa shape index (κ3) is 9.57. The number of nitrogens with zero attached hydrogens (tertiary/aromatic N) is 3. The summed E-state index contributed by atoms with van der Waals surface area (Å²) in [6.45, 7) is 11.4. The van der Waals surface area contributed by atoms with E-state index in [0.29, 0.717) is 33.8 Å². The maximum atomic E-state index is 12.4. The van der Waals surface area contributed by atoms with Crippen LogP contribution in [0.15, 0.2) is 134 Å². The molecule has 0 aliphatic carbocycles. The second-order valence-electron chi connectivity index (χ2n) is 20.1. The van der Waals surface area contributed by atoms with E-state index in [1.807, 2.05) is 18.2 Å². The van der Waals surface area contributed by atoms with Crippen molar-refractivity contribution in [2.24, 2.45) is 0 Å². The van der Waals surface area contributed by atoms with Gasteiger partial charge in [-0.15, -0.1) is 29.3 Å². The maximum absolute atomic E-state index is 12.4. The van der Waals surface area contributed by atoms with Crippen molar-refractivity contribution in [1.29, 1.82) is 0 Å². The van der Waals surface area contributed by atoms with E-state index in [0.717, 1.165) is 62.1 Å². The molecule has 0 saturated heterocycles. The van der Waals surface area contributed by atoms with Gasteiger partial charge in [0.1, 0.15) is 11.6 Å². The van der Waals surface area contributed by atoms with Gasteiger partial charge in [-0.1, -0.05) is 186 Å². The zero-order valence-corrected chi connectivity index (χ0v) is 41.3. The molecular formula is C60H64N3OPt-. The molecule has 6 aromatic carbocycles. The van der Waals surface area contributed by atoms with Crippen molar-refractivity contribution in [2.45, 2.75) is 118 Å². The first kappa shape index (κ1) is 36.6. The van der Waals surface area contributed by atoms with Crippen LogP contribution in [0.25, 0.3) is 72.7 Å². The van der Waals surface area contributed by atoms with Gasteiger partial charge in [-0.2, -0.15) is 0 Å². The van der Waals surface area contributed by atoms with Crippen molar-refractivity contribution in [3.05, 3.63) is 167 Å². The molecule has 0 bridgehead atoms. The van der Waals surface area contributed by atoms with E-state index in [4.69, 9.17) is 22.3 Å². The van der Waals surface area contributed by atoms with Gasteiger partial charge in [-0.3, -0.25) is 9.55 Å². The van der Waals surface area contributed by atoms with Gasteiger partial charge in [0.2, 0.25) is 0 Å². The van der Waals surface area contributed by atoms with E-state index in [9.17, 15) is 5.11 Å². The number of imidazole rings is 1. The van der Waals surface area contributed by atoms with E-state index in [-0.39, 0.29) is 48.6 Å². The number of phenols is 1. The third-order valence-corrected chi connectivity index (χ3v) is 12.2. The van der Waals surface area contributed by atoms with Crippen molar-refractivity contribution < 1.29 is 38.5 Å². The molecule has 0 fully saturated rings. The fourth-order valence-electron chi connectivity index (χ4n) is 8.44. The van der Waals surface area contributed by atoms with Crippen LogP contribution in [0.5, 0.6) is 5.75 Å². The van der Waals surface area contributed by atoms with Gasteiger partial charge in [0.25, 0.3) is 0 Å². The van der Waals surface area contributed by atoms with Crippen molar-refractivity contribution in [3.8, 4) is 67.5 Å². The molecule has 2 aromatic heterocycles. The summed E-state index contributed by atoms with van der Waals surface area (Å²) in [6.07, 6.45) is 2.46. The Morgan fingerprint density at radius 3 is 1.91 bits per heavy atom. The molecule has 5 heteroatoms. The zero-order chi connectivity index (χ0) is 53.4. The second kappa shape index (κ2) is 17.7. The van der Waals surface area contributed by atoms with Crippen LogP contribution in [-0.2, 0) is 49.1 Å². The van der Waals surface area contributed by atoms with E-state index >= 15 is 0 Å². The molecule has 0 saturated carbocycles. The number of aromatic hydroxyl groups is 1. The van der Waals surface area contributed by atoms with Gasteiger partial charge in [0.15, 0.2) is 0 Å². The Bertz CT molecular complexity index is 3320. The Morgan fingerprint density at radius 1 is 0.585 bits per heavy atom. The average molecular weight is 1050 g/mol. The predicted molar refractivity (Wildman–Crippen MR) is 271 cm³/mol. The van der Waals surface area contributed by atoms with Gasteiger partial charge in [0, 0.05) is 56.5 Å². The Morgan fingerprint density at radius 2 is 1.26 bits per heavy atom. The first-order chi connectivity index (χ1) is 33.9. The third-order valence-electron chi connectivity index (χ3n) is 12.2. The molecule has 4 nitrogen and oxygen atoms in total. The quantitative estimate of drug-likeness (QED) is 0.162. The number of phenolic OH excluding ortho intramolecular Hbond substituents is 1. The fourth-order valence-corrected chi connectivity index (χ4v) is 8.44. The summed E-state index contributed by atoms with van der Waals surface area (Å²) >= 11 is 0. The molecule has 0 spiro atoms. The van der Waals surface area contributed by atoms with Gasteiger partial charge >= 0.3 is 0 Å². The Kier molecular flexibility index (Phi) is 9.96. The molecule has 2 heterocycles. The summed E-state index contributed by atoms with van der Waals surface area (Å²) in [7, 11) is 0. The van der Waals surface area contributed by atoms with Crippen LogP contribution in [0.3, 0.4) is 0 Å². The van der Waals surface area contributed by atoms with Gasteiger partial charge in [-0.05, 0) is 97.4 Å². The average Bonchev–Trinajstić information content (AvgIpc) is 3.69. The topological polar surface area (TPSA) is 50.9 Å². The van der Waals surface area contributed by atoms with Gasteiger partial charge < -0.3 is 5.11 Å². The molecule has 0 aliphatic rings. The summed E-state index contributed by atoms with van der Waals surface area (Å²) in [4.78, 5) is 10.4. The molecule has 0 unspecified atom stereocenters. The number of aryl methyl sites for hydroxylation is 1. The van der Waals surface area contributed by atoms with E-state index in [2.05, 4.69) is 159 Å². The minimum atomic E-state index is -3.37. The summed E-state index contributed by atoms with van der Waals surface area (Å²) in [5.41, 5.74) is 9.36. The van der Waals surface area contributed by atoms with Gasteiger partial charge in [-0.25, -0.2) is 4.98 Å². The summed E-state index contributed by atoms with van der Waals surface area (Å²) in [6, 6.07) is 44.6. The van der Waals surface area contributed by atoms with Crippen molar-refractivity contribution in [1.82, 2.24) is 14.5 Å². The molecule has 1 N–H and O–H groups in total. The zero-order valence-electron chi connectivity index (χ0n) is 48.0. The maximum Gasteiger partial charge on any atom is 0.148 e.